The van der Waals surface area contributed by atoms with Crippen molar-refractivity contribution in [3.63, 3.8) is 0 Å². The van der Waals surface area contributed by atoms with Gasteiger partial charge >= 0.3 is 5.97 Å². The standard InChI is InChI=1S/C15H19NO4S/c1-2-12-9-10-16(11-12)21(19,20)14-6-3-13(4-7-14)5-8-15(17)18/h3-8,12H,2,9-11H2,1H3,(H,17,18)/b8-5+. The van der Waals surface area contributed by atoms with Crippen molar-refractivity contribution < 1.29 is 18.3 Å². The SMILES string of the molecule is CCC1CCN(S(=O)(=O)c2ccc(/C=C/C(=O)O)cc2)C1. The number of aliphatic carboxylic acids is 1. The van der Waals surface area contributed by atoms with Crippen molar-refractivity contribution in [2.45, 2.75) is 24.7 Å². The van der Waals surface area contributed by atoms with Crippen molar-refractivity contribution >= 4 is 22.1 Å². The van der Waals surface area contributed by atoms with Crippen molar-refractivity contribution in [1.29, 1.82) is 0 Å². The fourth-order valence-corrected chi connectivity index (χ4v) is 3.95. The lowest BCUT2D eigenvalue weighted by Gasteiger charge is -2.16. The number of nitrogens with zero attached hydrogens (tertiary/aromatic N) is 1. The smallest absolute Gasteiger partial charge is 0.328 e. The molecule has 1 aliphatic heterocycles. The van der Waals surface area contributed by atoms with E-state index < -0.39 is 16.0 Å². The van der Waals surface area contributed by atoms with Crippen molar-refractivity contribution in [1.82, 2.24) is 4.31 Å². The lowest BCUT2D eigenvalue weighted by atomic mass is 10.1. The van der Waals surface area contributed by atoms with Crippen LogP contribution < -0.4 is 0 Å². The fourth-order valence-electron chi connectivity index (χ4n) is 2.42. The summed E-state index contributed by atoms with van der Waals surface area (Å²) in [6.45, 7) is 3.23. The van der Waals surface area contributed by atoms with Gasteiger partial charge in [0.1, 0.15) is 0 Å². The lowest BCUT2D eigenvalue weighted by Crippen LogP contribution is -2.28. The molecule has 114 valence electrons. The zero-order valence-electron chi connectivity index (χ0n) is 11.9. The van der Waals surface area contributed by atoms with Gasteiger partial charge in [-0.2, -0.15) is 4.31 Å². The molecule has 5 nitrogen and oxygen atoms in total. The molecule has 6 heteroatoms. The molecule has 1 aromatic carbocycles. The van der Waals surface area contributed by atoms with Crippen molar-refractivity contribution in [2.24, 2.45) is 5.92 Å². The van der Waals surface area contributed by atoms with Crippen LogP contribution in [0.1, 0.15) is 25.3 Å². The van der Waals surface area contributed by atoms with Crippen LogP contribution in [0.15, 0.2) is 35.2 Å². The molecule has 2 rings (SSSR count). The van der Waals surface area contributed by atoms with Gasteiger partial charge in [-0.15, -0.1) is 0 Å². The zero-order chi connectivity index (χ0) is 15.5. The second kappa shape index (κ2) is 6.41. The maximum Gasteiger partial charge on any atom is 0.328 e. The Morgan fingerprint density at radius 1 is 1.38 bits per heavy atom. The summed E-state index contributed by atoms with van der Waals surface area (Å²) in [4.78, 5) is 10.7. The van der Waals surface area contributed by atoms with E-state index in [1.165, 1.54) is 22.5 Å². The number of carboxylic acid groups (broad SMARTS) is 1. The topological polar surface area (TPSA) is 74.7 Å². The third kappa shape index (κ3) is 3.71. The van der Waals surface area contributed by atoms with E-state index in [0.29, 0.717) is 24.6 Å². The zero-order valence-corrected chi connectivity index (χ0v) is 12.7. The average molecular weight is 309 g/mol. The van der Waals surface area contributed by atoms with E-state index >= 15 is 0 Å². The molecule has 1 heterocycles. The molecule has 0 aliphatic carbocycles. The van der Waals surface area contributed by atoms with E-state index in [2.05, 4.69) is 6.92 Å². The van der Waals surface area contributed by atoms with Gasteiger partial charge in [0.05, 0.1) is 4.90 Å². The first-order chi connectivity index (χ1) is 9.93. The average Bonchev–Trinajstić information content (AvgIpc) is 2.95. The lowest BCUT2D eigenvalue weighted by molar-refractivity contribution is -0.131. The number of hydrogen-bond donors (Lipinski definition) is 1. The highest BCUT2D eigenvalue weighted by molar-refractivity contribution is 7.89. The van der Waals surface area contributed by atoms with E-state index in [4.69, 9.17) is 5.11 Å². The van der Waals surface area contributed by atoms with Gasteiger partial charge in [-0.3, -0.25) is 0 Å². The Morgan fingerprint density at radius 3 is 2.57 bits per heavy atom. The summed E-state index contributed by atoms with van der Waals surface area (Å²) in [5, 5.41) is 8.56. The normalized spacial score (nSPS) is 20.1. The second-order valence-electron chi connectivity index (χ2n) is 5.17. The summed E-state index contributed by atoms with van der Waals surface area (Å²) in [5.74, 6) is -0.591. The molecule has 1 N–H and O–H groups in total. The van der Waals surface area contributed by atoms with Gasteiger partial charge in [0.25, 0.3) is 0 Å². The first kappa shape index (κ1) is 15.7. The molecule has 0 radical (unpaired) electrons. The molecule has 0 aromatic heterocycles. The van der Waals surface area contributed by atoms with Crippen molar-refractivity contribution in [3.8, 4) is 0 Å². The van der Waals surface area contributed by atoms with Crippen LogP contribution in [0.2, 0.25) is 0 Å². The predicted octanol–water partition coefficient (Wildman–Crippen LogP) is 2.21. The molecule has 0 amide bonds. The van der Waals surface area contributed by atoms with Crippen LogP contribution >= 0.6 is 0 Å². The molecule has 0 bridgehead atoms. The quantitative estimate of drug-likeness (QED) is 0.846. The number of rotatable bonds is 5. The monoisotopic (exact) mass is 309 g/mol. The van der Waals surface area contributed by atoms with Gasteiger partial charge in [0.15, 0.2) is 0 Å². The fraction of sp³-hybridized carbons (Fsp3) is 0.400. The van der Waals surface area contributed by atoms with Gasteiger partial charge in [0.2, 0.25) is 10.0 Å². The maximum absolute atomic E-state index is 12.5. The molecule has 1 saturated heterocycles. The van der Waals surface area contributed by atoms with Crippen LogP contribution in [0.5, 0.6) is 0 Å². The summed E-state index contributed by atoms with van der Waals surface area (Å²) in [6.07, 6.45) is 4.36. The van der Waals surface area contributed by atoms with Crippen LogP contribution in [0.4, 0.5) is 0 Å². The number of benzene rings is 1. The van der Waals surface area contributed by atoms with E-state index in [1.54, 1.807) is 12.1 Å². The molecular weight excluding hydrogens is 290 g/mol. The highest BCUT2D eigenvalue weighted by atomic mass is 32.2. The molecule has 1 aliphatic rings. The van der Waals surface area contributed by atoms with E-state index in [0.717, 1.165) is 18.9 Å². The van der Waals surface area contributed by atoms with Crippen LogP contribution in [-0.4, -0.2) is 36.9 Å². The molecule has 1 atom stereocenters. The number of sulfonamides is 1. The van der Waals surface area contributed by atoms with Gasteiger partial charge in [-0.25, -0.2) is 13.2 Å². The minimum absolute atomic E-state index is 0.256. The highest BCUT2D eigenvalue weighted by Crippen LogP contribution is 2.26. The number of hydrogen-bond acceptors (Lipinski definition) is 3. The third-order valence-corrected chi connectivity index (χ3v) is 5.64. The van der Waals surface area contributed by atoms with Gasteiger partial charge in [0, 0.05) is 19.2 Å². The second-order valence-corrected chi connectivity index (χ2v) is 7.10. The summed E-state index contributed by atoms with van der Waals surface area (Å²) < 4.78 is 26.5. The maximum atomic E-state index is 12.5. The van der Waals surface area contributed by atoms with Gasteiger partial charge in [-0.1, -0.05) is 25.5 Å². The molecule has 1 unspecified atom stereocenters. The predicted molar refractivity (Wildman–Crippen MR) is 80.3 cm³/mol. The molecule has 1 aromatic rings. The molecule has 21 heavy (non-hydrogen) atoms. The first-order valence-electron chi connectivity index (χ1n) is 6.94. The summed E-state index contributed by atoms with van der Waals surface area (Å²) in [5.41, 5.74) is 0.657. The Hall–Kier alpha value is -1.66. The summed E-state index contributed by atoms with van der Waals surface area (Å²) in [7, 11) is -3.44. The molecule has 0 spiro atoms. The third-order valence-electron chi connectivity index (χ3n) is 3.76. The van der Waals surface area contributed by atoms with Gasteiger partial charge in [-0.05, 0) is 36.1 Å². The minimum Gasteiger partial charge on any atom is -0.478 e. The van der Waals surface area contributed by atoms with E-state index in [9.17, 15) is 13.2 Å². The summed E-state index contributed by atoms with van der Waals surface area (Å²) in [6, 6.07) is 6.27. The van der Waals surface area contributed by atoms with Crippen molar-refractivity contribution in [2.75, 3.05) is 13.1 Å². The van der Waals surface area contributed by atoms with Crippen LogP contribution in [0, 0.1) is 5.92 Å². The first-order valence-corrected chi connectivity index (χ1v) is 8.38. The van der Waals surface area contributed by atoms with Crippen LogP contribution in [0.3, 0.4) is 0 Å². The molecule has 1 fully saturated rings. The van der Waals surface area contributed by atoms with Crippen LogP contribution in [-0.2, 0) is 14.8 Å². The largest absolute Gasteiger partial charge is 0.478 e. The van der Waals surface area contributed by atoms with Gasteiger partial charge < -0.3 is 5.11 Å². The Balaban J connectivity index is 2.16. The van der Waals surface area contributed by atoms with Crippen molar-refractivity contribution in [3.05, 3.63) is 35.9 Å². The Labute approximate surface area is 124 Å². The summed E-state index contributed by atoms with van der Waals surface area (Å²) >= 11 is 0. The Bertz CT molecular complexity index is 634. The molecule has 0 saturated carbocycles. The van der Waals surface area contributed by atoms with E-state index in [-0.39, 0.29) is 4.90 Å². The molecular formula is C15H19NO4S. The number of carboxylic acids is 1. The van der Waals surface area contributed by atoms with E-state index in [1.807, 2.05) is 0 Å². The number of carbonyl (C=O) groups is 1. The Kier molecular flexibility index (Phi) is 4.80. The van der Waals surface area contributed by atoms with Crippen LogP contribution in [0.25, 0.3) is 6.08 Å². The Morgan fingerprint density at radius 2 is 2.05 bits per heavy atom. The highest BCUT2D eigenvalue weighted by Gasteiger charge is 2.31. The minimum atomic E-state index is -3.44.